The SMILES string of the molecule is O=C(NCCS(=O)(=O)N1CCCC1)c1cccc2nccnc12. The zero-order valence-corrected chi connectivity index (χ0v) is 13.4. The van der Waals surface area contributed by atoms with Crippen LogP contribution in [0.15, 0.2) is 30.6 Å². The molecule has 23 heavy (non-hydrogen) atoms. The lowest BCUT2D eigenvalue weighted by Crippen LogP contribution is -2.36. The zero-order chi connectivity index (χ0) is 16.3. The molecule has 0 aliphatic carbocycles. The molecule has 7 nitrogen and oxygen atoms in total. The van der Waals surface area contributed by atoms with Crippen LogP contribution < -0.4 is 5.32 Å². The molecule has 1 saturated heterocycles. The van der Waals surface area contributed by atoms with Gasteiger partial charge in [-0.1, -0.05) is 6.07 Å². The van der Waals surface area contributed by atoms with Crippen molar-refractivity contribution in [2.24, 2.45) is 0 Å². The van der Waals surface area contributed by atoms with Gasteiger partial charge in [0, 0.05) is 32.0 Å². The van der Waals surface area contributed by atoms with Gasteiger partial charge in [-0.15, -0.1) is 0 Å². The summed E-state index contributed by atoms with van der Waals surface area (Å²) in [5.74, 6) is -0.428. The average molecular weight is 334 g/mol. The van der Waals surface area contributed by atoms with Crippen LogP contribution in [0.2, 0.25) is 0 Å². The summed E-state index contributed by atoms with van der Waals surface area (Å²) in [5, 5.41) is 2.66. The molecule has 1 aromatic heterocycles. The van der Waals surface area contributed by atoms with E-state index in [1.54, 1.807) is 24.4 Å². The van der Waals surface area contributed by atoms with Crippen LogP contribution in [0.1, 0.15) is 23.2 Å². The third-order valence-corrected chi connectivity index (χ3v) is 5.72. The molecule has 0 radical (unpaired) electrons. The molecule has 122 valence electrons. The van der Waals surface area contributed by atoms with E-state index in [2.05, 4.69) is 15.3 Å². The molecule has 0 saturated carbocycles. The minimum atomic E-state index is -3.29. The number of benzene rings is 1. The molecule has 1 amide bonds. The van der Waals surface area contributed by atoms with Gasteiger partial charge in [-0.2, -0.15) is 0 Å². The quantitative estimate of drug-likeness (QED) is 0.872. The van der Waals surface area contributed by atoms with E-state index in [0.29, 0.717) is 29.7 Å². The van der Waals surface area contributed by atoms with Crippen LogP contribution in [0.4, 0.5) is 0 Å². The second-order valence-corrected chi connectivity index (χ2v) is 7.50. The molecule has 0 bridgehead atoms. The van der Waals surface area contributed by atoms with Crippen LogP contribution >= 0.6 is 0 Å². The first-order valence-electron chi connectivity index (χ1n) is 7.54. The van der Waals surface area contributed by atoms with E-state index in [1.807, 2.05) is 0 Å². The van der Waals surface area contributed by atoms with Crippen LogP contribution in [0, 0.1) is 0 Å². The van der Waals surface area contributed by atoms with Crippen LogP contribution in [0.3, 0.4) is 0 Å². The summed E-state index contributed by atoms with van der Waals surface area (Å²) in [4.78, 5) is 20.6. The summed E-state index contributed by atoms with van der Waals surface area (Å²) >= 11 is 0. The van der Waals surface area contributed by atoms with Crippen molar-refractivity contribution < 1.29 is 13.2 Å². The number of nitrogens with one attached hydrogen (secondary N) is 1. The molecule has 8 heteroatoms. The van der Waals surface area contributed by atoms with Gasteiger partial charge in [0.05, 0.1) is 16.8 Å². The Labute approximate surface area is 134 Å². The van der Waals surface area contributed by atoms with Gasteiger partial charge >= 0.3 is 0 Å². The standard InChI is InChI=1S/C15H18N4O3S/c20-15(12-4-3-5-13-14(12)17-7-6-16-13)18-8-11-23(21,22)19-9-1-2-10-19/h3-7H,1-2,8-11H2,(H,18,20). The molecule has 1 aliphatic rings. The minimum Gasteiger partial charge on any atom is -0.351 e. The van der Waals surface area contributed by atoms with Gasteiger partial charge in [-0.05, 0) is 25.0 Å². The number of fused-ring (bicyclic) bond motifs is 1. The second kappa shape index (κ2) is 6.59. The Morgan fingerprint density at radius 3 is 2.70 bits per heavy atom. The molecule has 2 heterocycles. The Bertz CT molecular complexity index is 811. The number of amides is 1. The molecule has 2 aromatic rings. The van der Waals surface area contributed by atoms with Crippen molar-refractivity contribution in [2.45, 2.75) is 12.8 Å². The number of hydrogen-bond acceptors (Lipinski definition) is 5. The van der Waals surface area contributed by atoms with E-state index >= 15 is 0 Å². The molecule has 1 fully saturated rings. The van der Waals surface area contributed by atoms with Gasteiger partial charge in [-0.25, -0.2) is 12.7 Å². The maximum atomic E-state index is 12.3. The summed E-state index contributed by atoms with van der Waals surface area (Å²) in [6.07, 6.45) is 4.89. The van der Waals surface area contributed by atoms with Crippen molar-refractivity contribution in [3.8, 4) is 0 Å². The van der Waals surface area contributed by atoms with Gasteiger partial charge in [-0.3, -0.25) is 14.8 Å². The zero-order valence-electron chi connectivity index (χ0n) is 12.6. The molecule has 3 rings (SSSR count). The maximum Gasteiger partial charge on any atom is 0.253 e. The van der Waals surface area contributed by atoms with Crippen LogP contribution in [0.25, 0.3) is 11.0 Å². The molecule has 1 aliphatic heterocycles. The molecule has 1 N–H and O–H groups in total. The number of hydrogen-bond donors (Lipinski definition) is 1. The highest BCUT2D eigenvalue weighted by atomic mass is 32.2. The fourth-order valence-electron chi connectivity index (χ4n) is 2.66. The Hall–Kier alpha value is -2.06. The van der Waals surface area contributed by atoms with Crippen molar-refractivity contribution in [1.29, 1.82) is 0 Å². The van der Waals surface area contributed by atoms with Gasteiger partial charge in [0.25, 0.3) is 5.91 Å². The number of nitrogens with zero attached hydrogens (tertiary/aromatic N) is 3. The largest absolute Gasteiger partial charge is 0.351 e. The predicted molar refractivity (Wildman–Crippen MR) is 86.5 cm³/mol. The van der Waals surface area contributed by atoms with Crippen molar-refractivity contribution in [2.75, 3.05) is 25.4 Å². The summed E-state index contributed by atoms with van der Waals surface area (Å²) in [7, 11) is -3.29. The Balaban J connectivity index is 1.65. The van der Waals surface area contributed by atoms with Gasteiger partial charge in [0.15, 0.2) is 0 Å². The highest BCUT2D eigenvalue weighted by Gasteiger charge is 2.25. The second-order valence-electron chi connectivity index (χ2n) is 5.41. The summed E-state index contributed by atoms with van der Waals surface area (Å²) in [6.45, 7) is 1.23. The lowest BCUT2D eigenvalue weighted by molar-refractivity contribution is 0.0957. The summed E-state index contributed by atoms with van der Waals surface area (Å²) < 4.78 is 25.7. The summed E-state index contributed by atoms with van der Waals surface area (Å²) in [6, 6.07) is 5.16. The fourth-order valence-corrected chi connectivity index (χ4v) is 4.09. The summed E-state index contributed by atoms with van der Waals surface area (Å²) in [5.41, 5.74) is 1.54. The molecule has 0 unspecified atom stereocenters. The molecule has 0 spiro atoms. The van der Waals surface area contributed by atoms with Crippen molar-refractivity contribution in [3.05, 3.63) is 36.2 Å². The first-order chi connectivity index (χ1) is 11.1. The van der Waals surface area contributed by atoms with Crippen molar-refractivity contribution in [3.63, 3.8) is 0 Å². The van der Waals surface area contributed by atoms with E-state index in [1.165, 1.54) is 10.5 Å². The van der Waals surface area contributed by atoms with Gasteiger partial charge in [0.2, 0.25) is 10.0 Å². The maximum absolute atomic E-state index is 12.3. The van der Waals surface area contributed by atoms with E-state index in [9.17, 15) is 13.2 Å². The topological polar surface area (TPSA) is 92.3 Å². The molecular formula is C15H18N4O3S. The molecule has 0 atom stereocenters. The lowest BCUT2D eigenvalue weighted by atomic mass is 10.1. The fraction of sp³-hybridized carbons (Fsp3) is 0.400. The number of rotatable bonds is 5. The average Bonchev–Trinajstić information content (AvgIpc) is 3.09. The van der Waals surface area contributed by atoms with Crippen LogP contribution in [-0.4, -0.2) is 54.0 Å². The van der Waals surface area contributed by atoms with Gasteiger partial charge in [0.1, 0.15) is 5.52 Å². The number of carbonyl (C=O) groups excluding carboxylic acids is 1. The number of sulfonamides is 1. The number of carbonyl (C=O) groups is 1. The molecular weight excluding hydrogens is 316 g/mol. The lowest BCUT2D eigenvalue weighted by Gasteiger charge is -2.15. The molecule has 1 aromatic carbocycles. The third-order valence-electron chi connectivity index (χ3n) is 3.85. The minimum absolute atomic E-state index is 0.0777. The normalized spacial score (nSPS) is 15.8. The first kappa shape index (κ1) is 15.8. The van der Waals surface area contributed by atoms with Crippen molar-refractivity contribution >= 4 is 27.0 Å². The highest BCUT2D eigenvalue weighted by molar-refractivity contribution is 7.89. The smallest absolute Gasteiger partial charge is 0.253 e. The van der Waals surface area contributed by atoms with Gasteiger partial charge < -0.3 is 5.32 Å². The Morgan fingerprint density at radius 1 is 1.17 bits per heavy atom. The Kier molecular flexibility index (Phi) is 4.53. The van der Waals surface area contributed by atoms with Crippen molar-refractivity contribution in [1.82, 2.24) is 19.6 Å². The van der Waals surface area contributed by atoms with E-state index < -0.39 is 10.0 Å². The number of aromatic nitrogens is 2. The Morgan fingerprint density at radius 2 is 1.91 bits per heavy atom. The first-order valence-corrected chi connectivity index (χ1v) is 9.14. The third kappa shape index (κ3) is 3.48. The van der Waals surface area contributed by atoms with Crippen LogP contribution in [0.5, 0.6) is 0 Å². The number of para-hydroxylation sites is 1. The predicted octanol–water partition coefficient (Wildman–Crippen LogP) is 0.785. The monoisotopic (exact) mass is 334 g/mol. The van der Waals surface area contributed by atoms with E-state index in [-0.39, 0.29) is 18.2 Å². The van der Waals surface area contributed by atoms with Crippen LogP contribution in [-0.2, 0) is 10.0 Å². The van der Waals surface area contributed by atoms with E-state index in [4.69, 9.17) is 0 Å². The van der Waals surface area contributed by atoms with E-state index in [0.717, 1.165) is 12.8 Å². The highest BCUT2D eigenvalue weighted by Crippen LogP contribution is 2.14.